The molecule has 8 heteroatoms. The van der Waals surface area contributed by atoms with Crippen molar-refractivity contribution in [2.24, 2.45) is 0 Å². The van der Waals surface area contributed by atoms with E-state index in [1.54, 1.807) is 23.1 Å². The van der Waals surface area contributed by atoms with E-state index in [0.717, 1.165) is 35.3 Å². The van der Waals surface area contributed by atoms with Crippen LogP contribution in [0.1, 0.15) is 26.4 Å². The van der Waals surface area contributed by atoms with Crippen LogP contribution >= 0.6 is 34.4 Å². The van der Waals surface area contributed by atoms with E-state index in [-0.39, 0.29) is 5.91 Å². The van der Waals surface area contributed by atoms with Gasteiger partial charge in [-0.1, -0.05) is 53.4 Å². The maximum Gasteiger partial charge on any atom is 0.257 e. The molecule has 0 radical (unpaired) electrons. The zero-order valence-corrected chi connectivity index (χ0v) is 19.1. The number of hydrogen-bond donors (Lipinski definition) is 1. The number of fused-ring (bicyclic) bond motifs is 1. The molecule has 0 saturated heterocycles. The van der Waals surface area contributed by atoms with Gasteiger partial charge in [-0.15, -0.1) is 21.5 Å². The van der Waals surface area contributed by atoms with Crippen LogP contribution in [0, 0.1) is 0 Å². The molecule has 0 atom stereocenters. The Hall–Kier alpha value is -2.68. The fraction of sp³-hybridized carbons (Fsp3) is 0.174. The van der Waals surface area contributed by atoms with Crippen LogP contribution in [0.25, 0.3) is 0 Å². The maximum atomic E-state index is 12.6. The number of nitrogens with one attached hydrogen (secondary N) is 1. The largest absolute Gasteiger partial charge is 0.367 e. The summed E-state index contributed by atoms with van der Waals surface area (Å²) in [7, 11) is 0. The second kappa shape index (κ2) is 9.21. The summed E-state index contributed by atoms with van der Waals surface area (Å²) in [5.74, 6) is 0.698. The average molecular weight is 465 g/mol. The summed E-state index contributed by atoms with van der Waals surface area (Å²) in [4.78, 5) is 16.3. The van der Waals surface area contributed by atoms with E-state index in [9.17, 15) is 4.79 Å². The second-order valence-corrected chi connectivity index (χ2v) is 10.4. The lowest BCUT2D eigenvalue weighted by molar-refractivity contribution is 0.102. The maximum absolute atomic E-state index is 12.6. The van der Waals surface area contributed by atoms with Crippen LogP contribution in [-0.4, -0.2) is 22.6 Å². The highest BCUT2D eigenvalue weighted by atomic mass is 32.2. The molecule has 156 valence electrons. The lowest BCUT2D eigenvalue weighted by atomic mass is 9.99. The zero-order chi connectivity index (χ0) is 21.0. The summed E-state index contributed by atoms with van der Waals surface area (Å²) in [6, 6.07) is 20.5. The van der Waals surface area contributed by atoms with Gasteiger partial charge < -0.3 is 4.90 Å². The molecule has 5 nitrogen and oxygen atoms in total. The molecule has 3 heterocycles. The fourth-order valence-electron chi connectivity index (χ4n) is 3.56. The van der Waals surface area contributed by atoms with Crippen LogP contribution in [0.4, 0.5) is 10.8 Å². The van der Waals surface area contributed by atoms with Gasteiger partial charge >= 0.3 is 0 Å². The quantitative estimate of drug-likeness (QED) is 0.293. The number of thioether (sulfide) groups is 1. The summed E-state index contributed by atoms with van der Waals surface area (Å²) < 4.78 is 0.851. The molecule has 1 aliphatic rings. The summed E-state index contributed by atoms with van der Waals surface area (Å²) in [5, 5.41) is 13.7. The van der Waals surface area contributed by atoms with Crippen molar-refractivity contribution in [2.45, 2.75) is 23.1 Å². The molecule has 2 aromatic carbocycles. The topological polar surface area (TPSA) is 58.1 Å². The zero-order valence-electron chi connectivity index (χ0n) is 16.7. The Morgan fingerprint density at radius 3 is 2.68 bits per heavy atom. The van der Waals surface area contributed by atoms with Gasteiger partial charge in [-0.25, -0.2) is 0 Å². The van der Waals surface area contributed by atoms with Gasteiger partial charge in [0.25, 0.3) is 5.91 Å². The molecule has 0 saturated carbocycles. The van der Waals surface area contributed by atoms with Gasteiger partial charge in [0.05, 0.1) is 0 Å². The van der Waals surface area contributed by atoms with Crippen molar-refractivity contribution in [1.82, 2.24) is 10.2 Å². The third kappa shape index (κ3) is 4.81. The predicted molar refractivity (Wildman–Crippen MR) is 129 cm³/mol. The third-order valence-corrected chi connectivity index (χ3v) is 8.25. The molecule has 1 N–H and O–H groups in total. The Bertz CT molecular complexity index is 1170. The summed E-state index contributed by atoms with van der Waals surface area (Å²) in [6.07, 6.45) is 1.04. The molecule has 0 spiro atoms. The van der Waals surface area contributed by atoms with E-state index >= 15 is 0 Å². The first kappa shape index (κ1) is 20.2. The number of nitrogens with zero attached hydrogens (tertiary/aromatic N) is 3. The number of amides is 1. The SMILES string of the molecule is O=C(Nc1nnc(SCc2cccs2)s1)c1ccc(N2CCc3ccccc3C2)cc1. The Labute approximate surface area is 193 Å². The number of aromatic nitrogens is 2. The van der Waals surface area contributed by atoms with Crippen LogP contribution in [0.2, 0.25) is 0 Å². The van der Waals surface area contributed by atoms with E-state index in [2.05, 4.69) is 56.1 Å². The lowest BCUT2D eigenvalue weighted by Crippen LogP contribution is -2.30. The van der Waals surface area contributed by atoms with Crippen molar-refractivity contribution in [3.8, 4) is 0 Å². The van der Waals surface area contributed by atoms with Gasteiger partial charge in [0.1, 0.15) is 0 Å². The van der Waals surface area contributed by atoms with Gasteiger partial charge in [0, 0.05) is 35.0 Å². The van der Waals surface area contributed by atoms with E-state index < -0.39 is 0 Å². The number of anilines is 2. The van der Waals surface area contributed by atoms with Crippen LogP contribution in [0.3, 0.4) is 0 Å². The van der Waals surface area contributed by atoms with Crippen LogP contribution in [0.5, 0.6) is 0 Å². The Morgan fingerprint density at radius 2 is 1.87 bits per heavy atom. The van der Waals surface area contributed by atoms with Crippen molar-refractivity contribution in [2.75, 3.05) is 16.8 Å². The molecule has 0 fully saturated rings. The molecule has 1 amide bonds. The van der Waals surface area contributed by atoms with Crippen molar-refractivity contribution in [1.29, 1.82) is 0 Å². The van der Waals surface area contributed by atoms with E-state index in [1.165, 1.54) is 27.3 Å². The minimum Gasteiger partial charge on any atom is -0.367 e. The number of carbonyl (C=O) groups excluding carboxylic acids is 1. The highest BCUT2D eigenvalue weighted by Gasteiger charge is 2.17. The van der Waals surface area contributed by atoms with Crippen LogP contribution in [-0.2, 0) is 18.7 Å². The van der Waals surface area contributed by atoms with Crippen LogP contribution in [0.15, 0.2) is 70.4 Å². The molecule has 4 aromatic rings. The first-order valence-electron chi connectivity index (χ1n) is 9.96. The lowest BCUT2D eigenvalue weighted by Gasteiger charge is -2.30. The van der Waals surface area contributed by atoms with Gasteiger partial charge in [0.2, 0.25) is 5.13 Å². The summed E-state index contributed by atoms with van der Waals surface area (Å²) in [6.45, 7) is 1.89. The minimum atomic E-state index is -0.165. The molecule has 0 bridgehead atoms. The van der Waals surface area contributed by atoms with Gasteiger partial charge in [0.15, 0.2) is 4.34 Å². The number of carbonyl (C=O) groups is 1. The third-order valence-electron chi connectivity index (χ3n) is 5.17. The predicted octanol–water partition coefficient (Wildman–Crippen LogP) is 5.71. The number of rotatable bonds is 6. The average Bonchev–Trinajstić information content (AvgIpc) is 3.49. The molecule has 0 unspecified atom stereocenters. The summed E-state index contributed by atoms with van der Waals surface area (Å²) in [5.41, 5.74) is 4.55. The number of hydrogen-bond acceptors (Lipinski definition) is 7. The van der Waals surface area contributed by atoms with E-state index in [1.807, 2.05) is 30.3 Å². The highest BCUT2D eigenvalue weighted by molar-refractivity contribution is 8.00. The molecule has 2 aromatic heterocycles. The van der Waals surface area contributed by atoms with Gasteiger partial charge in [-0.05, 0) is 53.3 Å². The van der Waals surface area contributed by atoms with Gasteiger partial charge in [-0.2, -0.15) is 0 Å². The molecule has 5 rings (SSSR count). The Morgan fingerprint density at radius 1 is 1.03 bits per heavy atom. The summed E-state index contributed by atoms with van der Waals surface area (Å²) >= 11 is 4.76. The van der Waals surface area contributed by atoms with Gasteiger partial charge in [-0.3, -0.25) is 10.1 Å². The standard InChI is InChI=1S/C23H20N4OS3/c28-21(24-22-25-26-23(31-22)30-15-20-6-3-13-29-20)17-7-9-19(10-8-17)27-12-11-16-4-1-2-5-18(16)14-27/h1-10,13H,11-12,14-15H2,(H,24,25,28). The smallest absolute Gasteiger partial charge is 0.257 e. The van der Waals surface area contributed by atoms with Crippen molar-refractivity contribution in [3.63, 3.8) is 0 Å². The first-order chi connectivity index (χ1) is 15.2. The Kier molecular flexibility index (Phi) is 6.01. The van der Waals surface area contributed by atoms with Crippen molar-refractivity contribution >= 4 is 51.2 Å². The molecule has 31 heavy (non-hydrogen) atoms. The van der Waals surface area contributed by atoms with Crippen molar-refractivity contribution in [3.05, 3.63) is 87.6 Å². The molecular weight excluding hydrogens is 444 g/mol. The fourth-order valence-corrected chi connectivity index (χ4v) is 6.08. The first-order valence-corrected chi connectivity index (χ1v) is 12.6. The van der Waals surface area contributed by atoms with Crippen molar-refractivity contribution < 1.29 is 4.79 Å². The van der Waals surface area contributed by atoms with E-state index in [4.69, 9.17) is 0 Å². The molecule has 1 aliphatic heterocycles. The van der Waals surface area contributed by atoms with E-state index in [0.29, 0.717) is 10.7 Å². The van der Waals surface area contributed by atoms with Crippen LogP contribution < -0.4 is 10.2 Å². The normalized spacial score (nSPS) is 13.1. The highest BCUT2D eigenvalue weighted by Crippen LogP contribution is 2.30. The number of thiophene rings is 1. The molecule has 0 aliphatic carbocycles. The Balaban J connectivity index is 1.19. The molecular formula is C23H20N4OS3. The monoisotopic (exact) mass is 464 g/mol. The second-order valence-electron chi connectivity index (χ2n) is 7.18. The number of benzene rings is 2. The minimum absolute atomic E-state index is 0.165.